The smallest absolute Gasteiger partial charge is 0.297 e. The summed E-state index contributed by atoms with van der Waals surface area (Å²) in [6.45, 7) is 2.87. The third kappa shape index (κ3) is 2.76. The first-order valence-electron chi connectivity index (χ1n) is 6.33. The summed E-state index contributed by atoms with van der Waals surface area (Å²) in [7, 11) is 1.47. The van der Waals surface area contributed by atoms with Crippen LogP contribution >= 0.6 is 11.6 Å². The molecule has 6 heteroatoms. The van der Waals surface area contributed by atoms with Crippen LogP contribution in [0.2, 0.25) is 5.02 Å². The Morgan fingerprint density at radius 2 is 2.21 bits per heavy atom. The first kappa shape index (κ1) is 13.9. The Hall–Kier alpha value is -1.49. The standard InChI is InChI=1S/C13H17ClN2O3/c1-9-5-3-4-6-15(9)13-11(14)7-10(19-2)8-12(13)16(17)18/h7-9H,3-6H2,1-2H3. The minimum Gasteiger partial charge on any atom is -0.496 e. The van der Waals surface area contributed by atoms with Gasteiger partial charge in [-0.1, -0.05) is 11.6 Å². The SMILES string of the molecule is COc1cc(Cl)c(N2CCCCC2C)c([N+](=O)[O-])c1. The molecule has 19 heavy (non-hydrogen) atoms. The molecule has 2 rings (SSSR count). The number of hydrogen-bond acceptors (Lipinski definition) is 4. The molecule has 0 amide bonds. The summed E-state index contributed by atoms with van der Waals surface area (Å²) in [5.74, 6) is 0.408. The van der Waals surface area contributed by atoms with Crippen LogP contribution in [0.5, 0.6) is 5.75 Å². The van der Waals surface area contributed by atoms with Gasteiger partial charge in [-0.25, -0.2) is 0 Å². The maximum absolute atomic E-state index is 11.3. The highest BCUT2D eigenvalue weighted by molar-refractivity contribution is 6.34. The van der Waals surface area contributed by atoms with Crippen LogP contribution in [-0.2, 0) is 0 Å². The number of halogens is 1. The van der Waals surface area contributed by atoms with Crippen molar-refractivity contribution in [2.75, 3.05) is 18.6 Å². The Balaban J connectivity index is 2.51. The monoisotopic (exact) mass is 284 g/mol. The topological polar surface area (TPSA) is 55.6 Å². The van der Waals surface area contributed by atoms with Crippen LogP contribution in [0.4, 0.5) is 11.4 Å². The van der Waals surface area contributed by atoms with Gasteiger partial charge in [-0.15, -0.1) is 0 Å². The molecule has 1 atom stereocenters. The molecule has 1 aromatic carbocycles. The second kappa shape index (κ2) is 5.65. The molecular weight excluding hydrogens is 268 g/mol. The van der Waals surface area contributed by atoms with Crippen LogP contribution in [0.15, 0.2) is 12.1 Å². The Morgan fingerprint density at radius 3 is 2.79 bits per heavy atom. The van der Waals surface area contributed by atoms with E-state index < -0.39 is 4.92 Å². The van der Waals surface area contributed by atoms with Gasteiger partial charge in [-0.3, -0.25) is 10.1 Å². The van der Waals surface area contributed by atoms with Gasteiger partial charge in [0.25, 0.3) is 5.69 Å². The molecule has 0 bridgehead atoms. The van der Waals surface area contributed by atoms with Crippen molar-refractivity contribution in [1.82, 2.24) is 0 Å². The van der Waals surface area contributed by atoms with E-state index in [4.69, 9.17) is 16.3 Å². The van der Waals surface area contributed by atoms with Gasteiger partial charge in [0.05, 0.1) is 23.1 Å². The quantitative estimate of drug-likeness (QED) is 0.628. The van der Waals surface area contributed by atoms with Crippen LogP contribution in [0, 0.1) is 10.1 Å². The molecule has 0 aliphatic carbocycles. The van der Waals surface area contributed by atoms with Crippen molar-refractivity contribution in [2.45, 2.75) is 32.2 Å². The molecular formula is C13H17ClN2O3. The number of rotatable bonds is 3. The highest BCUT2D eigenvalue weighted by Crippen LogP contribution is 2.41. The molecule has 1 aliphatic heterocycles. The molecule has 1 aliphatic rings. The van der Waals surface area contributed by atoms with E-state index in [1.165, 1.54) is 13.2 Å². The normalized spacial score (nSPS) is 19.3. The van der Waals surface area contributed by atoms with E-state index in [-0.39, 0.29) is 11.7 Å². The van der Waals surface area contributed by atoms with Crippen molar-refractivity contribution in [2.24, 2.45) is 0 Å². The number of nitrogens with zero attached hydrogens (tertiary/aromatic N) is 2. The minimum atomic E-state index is -0.398. The highest BCUT2D eigenvalue weighted by atomic mass is 35.5. The van der Waals surface area contributed by atoms with Crippen LogP contribution < -0.4 is 9.64 Å². The van der Waals surface area contributed by atoms with E-state index in [1.54, 1.807) is 6.07 Å². The second-order valence-corrected chi connectivity index (χ2v) is 5.18. The van der Waals surface area contributed by atoms with Gasteiger partial charge < -0.3 is 9.64 Å². The number of ether oxygens (including phenoxy) is 1. The van der Waals surface area contributed by atoms with Gasteiger partial charge in [0.1, 0.15) is 11.4 Å². The number of nitro benzene ring substituents is 1. The van der Waals surface area contributed by atoms with Crippen molar-refractivity contribution < 1.29 is 9.66 Å². The van der Waals surface area contributed by atoms with Gasteiger partial charge in [0.15, 0.2) is 0 Å². The predicted molar refractivity (Wildman–Crippen MR) is 75.3 cm³/mol. The van der Waals surface area contributed by atoms with Crippen molar-refractivity contribution >= 4 is 23.0 Å². The number of piperidine rings is 1. The van der Waals surface area contributed by atoms with Crippen LogP contribution in [0.3, 0.4) is 0 Å². The van der Waals surface area contributed by atoms with E-state index in [0.717, 1.165) is 25.8 Å². The third-order valence-corrected chi connectivity index (χ3v) is 3.83. The molecule has 1 saturated heterocycles. The Morgan fingerprint density at radius 1 is 1.47 bits per heavy atom. The van der Waals surface area contributed by atoms with Crippen molar-refractivity contribution in [3.8, 4) is 5.75 Å². The number of methoxy groups -OCH3 is 1. The summed E-state index contributed by atoms with van der Waals surface area (Å²) >= 11 is 6.23. The molecule has 0 saturated carbocycles. The summed E-state index contributed by atoms with van der Waals surface area (Å²) in [5.41, 5.74) is 0.526. The molecule has 0 spiro atoms. The molecule has 1 fully saturated rings. The fraction of sp³-hybridized carbons (Fsp3) is 0.538. The van der Waals surface area contributed by atoms with Crippen LogP contribution in [-0.4, -0.2) is 24.6 Å². The van der Waals surface area contributed by atoms with Crippen LogP contribution in [0.1, 0.15) is 26.2 Å². The Labute approximate surface area is 117 Å². The minimum absolute atomic E-state index is 0.0121. The summed E-state index contributed by atoms with van der Waals surface area (Å²) in [5, 5.41) is 11.6. The zero-order chi connectivity index (χ0) is 14.0. The highest BCUT2D eigenvalue weighted by Gasteiger charge is 2.28. The summed E-state index contributed by atoms with van der Waals surface area (Å²) in [4.78, 5) is 12.9. The van der Waals surface area contributed by atoms with Gasteiger partial charge in [-0.2, -0.15) is 0 Å². The molecule has 1 aromatic rings. The van der Waals surface area contributed by atoms with Crippen molar-refractivity contribution in [1.29, 1.82) is 0 Å². The summed E-state index contributed by atoms with van der Waals surface area (Å²) < 4.78 is 5.05. The molecule has 0 radical (unpaired) electrons. The van der Waals surface area contributed by atoms with Gasteiger partial charge in [0, 0.05) is 18.7 Å². The summed E-state index contributed by atoms with van der Waals surface area (Å²) in [6.07, 6.45) is 3.21. The van der Waals surface area contributed by atoms with Crippen molar-refractivity contribution in [3.63, 3.8) is 0 Å². The first-order chi connectivity index (χ1) is 9.04. The van der Waals surface area contributed by atoms with E-state index in [0.29, 0.717) is 16.5 Å². The average Bonchev–Trinajstić information content (AvgIpc) is 2.38. The molecule has 0 N–H and O–H groups in total. The lowest BCUT2D eigenvalue weighted by Crippen LogP contribution is -2.38. The number of hydrogen-bond donors (Lipinski definition) is 0. The first-order valence-corrected chi connectivity index (χ1v) is 6.71. The lowest BCUT2D eigenvalue weighted by atomic mass is 10.0. The predicted octanol–water partition coefficient (Wildman–Crippen LogP) is 3.64. The summed E-state index contributed by atoms with van der Waals surface area (Å²) in [6, 6.07) is 3.33. The van der Waals surface area contributed by atoms with E-state index in [2.05, 4.69) is 6.92 Å². The fourth-order valence-corrected chi connectivity index (χ4v) is 2.84. The third-order valence-electron chi connectivity index (χ3n) is 3.54. The Bertz CT molecular complexity index is 493. The average molecular weight is 285 g/mol. The van der Waals surface area contributed by atoms with Gasteiger partial charge in [-0.05, 0) is 26.2 Å². The van der Waals surface area contributed by atoms with Crippen molar-refractivity contribution in [3.05, 3.63) is 27.3 Å². The maximum atomic E-state index is 11.3. The van der Waals surface area contributed by atoms with E-state index in [1.807, 2.05) is 4.90 Å². The van der Waals surface area contributed by atoms with Gasteiger partial charge in [0.2, 0.25) is 0 Å². The Kier molecular flexibility index (Phi) is 4.14. The van der Waals surface area contributed by atoms with Gasteiger partial charge >= 0.3 is 0 Å². The molecule has 5 nitrogen and oxygen atoms in total. The number of nitro groups is 1. The van der Waals surface area contributed by atoms with Crippen LogP contribution in [0.25, 0.3) is 0 Å². The zero-order valence-electron chi connectivity index (χ0n) is 11.1. The molecule has 104 valence electrons. The zero-order valence-corrected chi connectivity index (χ0v) is 11.8. The number of benzene rings is 1. The lowest BCUT2D eigenvalue weighted by molar-refractivity contribution is -0.384. The second-order valence-electron chi connectivity index (χ2n) is 4.77. The number of anilines is 1. The molecule has 0 aromatic heterocycles. The molecule has 1 heterocycles. The maximum Gasteiger partial charge on any atom is 0.297 e. The van der Waals surface area contributed by atoms with E-state index >= 15 is 0 Å². The van der Waals surface area contributed by atoms with E-state index in [9.17, 15) is 10.1 Å². The fourth-order valence-electron chi connectivity index (χ4n) is 2.53. The molecule has 1 unspecified atom stereocenters. The lowest BCUT2D eigenvalue weighted by Gasteiger charge is -2.35. The largest absolute Gasteiger partial charge is 0.496 e.